The minimum atomic E-state index is -0.332. The molecule has 0 aliphatic carbocycles. The van der Waals surface area contributed by atoms with Gasteiger partial charge in [-0.3, -0.25) is 4.39 Å². The Kier molecular flexibility index (Phi) is 4.35. The molecule has 0 N–H and O–H groups in total. The fraction of sp³-hybridized carbons (Fsp3) is 0.250. The maximum atomic E-state index is 12.0. The van der Waals surface area contributed by atoms with Gasteiger partial charge in [-0.15, -0.1) is 0 Å². The van der Waals surface area contributed by atoms with Crippen LogP contribution >= 0.6 is 0 Å². The van der Waals surface area contributed by atoms with E-state index in [9.17, 15) is 4.39 Å². The summed E-state index contributed by atoms with van der Waals surface area (Å²) in [5, 5.41) is 0. The van der Waals surface area contributed by atoms with E-state index in [1.54, 1.807) is 0 Å². The topological polar surface area (TPSA) is 9.23 Å². The van der Waals surface area contributed by atoms with Crippen LogP contribution in [0.2, 0.25) is 0 Å². The van der Waals surface area contributed by atoms with Gasteiger partial charge in [0.05, 0.1) is 13.3 Å². The number of rotatable bonds is 5. The molecular weight excluding hydrogens is 227 g/mol. The van der Waals surface area contributed by atoms with Crippen molar-refractivity contribution >= 4 is 0 Å². The molecule has 0 saturated heterocycles. The van der Waals surface area contributed by atoms with Gasteiger partial charge in [0.15, 0.2) is 0 Å². The number of hydrogen-bond acceptors (Lipinski definition) is 1. The Labute approximate surface area is 107 Å². The molecule has 0 saturated carbocycles. The van der Waals surface area contributed by atoms with Crippen molar-refractivity contribution < 1.29 is 9.13 Å². The number of hydrogen-bond donors (Lipinski definition) is 0. The van der Waals surface area contributed by atoms with E-state index in [1.165, 1.54) is 16.7 Å². The number of alkyl halides is 1. The molecule has 1 nitrogen and oxygen atoms in total. The fourth-order valence-corrected chi connectivity index (χ4v) is 1.91. The molecule has 94 valence electrons. The van der Waals surface area contributed by atoms with E-state index < -0.39 is 0 Å². The van der Waals surface area contributed by atoms with Crippen LogP contribution in [0.4, 0.5) is 4.39 Å². The molecule has 0 aliphatic rings. The van der Waals surface area contributed by atoms with Crippen molar-refractivity contribution in [1.82, 2.24) is 0 Å². The van der Waals surface area contributed by atoms with E-state index in [-0.39, 0.29) is 6.67 Å². The lowest BCUT2D eigenvalue weighted by Crippen LogP contribution is -1.98. The van der Waals surface area contributed by atoms with E-state index in [2.05, 4.69) is 25.1 Å². The fourth-order valence-electron chi connectivity index (χ4n) is 1.91. The molecule has 0 heterocycles. The van der Waals surface area contributed by atoms with Crippen molar-refractivity contribution in [3.05, 3.63) is 54.1 Å². The number of ether oxygens (including phenoxy) is 1. The highest BCUT2D eigenvalue weighted by molar-refractivity contribution is 5.67. The van der Waals surface area contributed by atoms with E-state index >= 15 is 0 Å². The third-order valence-electron chi connectivity index (χ3n) is 2.83. The highest BCUT2D eigenvalue weighted by Crippen LogP contribution is 2.26. The van der Waals surface area contributed by atoms with Crippen molar-refractivity contribution in [2.24, 2.45) is 0 Å². The van der Waals surface area contributed by atoms with Gasteiger partial charge in [-0.1, -0.05) is 36.4 Å². The molecule has 0 unspecified atom stereocenters. The Balaban J connectivity index is 2.15. The van der Waals surface area contributed by atoms with Gasteiger partial charge >= 0.3 is 0 Å². The van der Waals surface area contributed by atoms with E-state index in [0.717, 1.165) is 5.75 Å². The third kappa shape index (κ3) is 3.10. The summed E-state index contributed by atoms with van der Waals surface area (Å²) in [6.45, 7) is 2.16. The van der Waals surface area contributed by atoms with Crippen molar-refractivity contribution in [1.29, 1.82) is 0 Å². The lowest BCUT2D eigenvalue weighted by atomic mass is 10.0. The van der Waals surface area contributed by atoms with Crippen LogP contribution in [0.15, 0.2) is 48.5 Å². The maximum absolute atomic E-state index is 12.0. The molecule has 0 aromatic heterocycles. The van der Waals surface area contributed by atoms with Crippen molar-refractivity contribution in [2.45, 2.75) is 13.3 Å². The summed E-state index contributed by atoms with van der Waals surface area (Å²) in [5.41, 5.74) is 3.57. The van der Waals surface area contributed by atoms with E-state index in [4.69, 9.17) is 4.74 Å². The first kappa shape index (κ1) is 12.6. The second-order valence-corrected chi connectivity index (χ2v) is 4.23. The lowest BCUT2D eigenvalue weighted by molar-refractivity contribution is 0.289. The first-order valence-electron chi connectivity index (χ1n) is 6.16. The Bertz CT molecular complexity index is 494. The predicted molar refractivity (Wildman–Crippen MR) is 72.7 cm³/mol. The predicted octanol–water partition coefficient (Wildman–Crippen LogP) is 4.40. The van der Waals surface area contributed by atoms with Crippen molar-refractivity contribution in [3.8, 4) is 16.9 Å². The average Bonchev–Trinajstić information content (AvgIpc) is 2.40. The Morgan fingerprint density at radius 3 is 2.50 bits per heavy atom. The van der Waals surface area contributed by atoms with Crippen LogP contribution in [0.5, 0.6) is 5.75 Å². The van der Waals surface area contributed by atoms with Crippen molar-refractivity contribution in [3.63, 3.8) is 0 Å². The highest BCUT2D eigenvalue weighted by atomic mass is 19.1. The number of halogens is 1. The summed E-state index contributed by atoms with van der Waals surface area (Å²) < 4.78 is 17.5. The van der Waals surface area contributed by atoms with Crippen LogP contribution in [-0.4, -0.2) is 13.3 Å². The molecule has 0 amide bonds. The van der Waals surface area contributed by atoms with Gasteiger partial charge in [0.1, 0.15) is 5.75 Å². The van der Waals surface area contributed by atoms with Gasteiger partial charge < -0.3 is 4.74 Å². The van der Waals surface area contributed by atoms with Crippen LogP contribution < -0.4 is 4.74 Å². The molecule has 2 aromatic rings. The highest BCUT2D eigenvalue weighted by Gasteiger charge is 2.03. The number of aryl methyl sites for hydroxylation is 1. The SMILES string of the molecule is Cc1cc(OCCCF)ccc1-c1ccccc1. The van der Waals surface area contributed by atoms with E-state index in [1.807, 2.05) is 30.3 Å². The largest absolute Gasteiger partial charge is 0.493 e. The zero-order valence-electron chi connectivity index (χ0n) is 10.5. The molecule has 0 radical (unpaired) electrons. The summed E-state index contributed by atoms with van der Waals surface area (Å²) in [5.74, 6) is 0.806. The molecule has 0 aliphatic heterocycles. The monoisotopic (exact) mass is 244 g/mol. The molecule has 0 bridgehead atoms. The quantitative estimate of drug-likeness (QED) is 0.708. The second kappa shape index (κ2) is 6.20. The van der Waals surface area contributed by atoms with Crippen LogP contribution in [0.25, 0.3) is 11.1 Å². The molecule has 0 atom stereocenters. The first-order chi connectivity index (χ1) is 8.81. The average molecular weight is 244 g/mol. The van der Waals surface area contributed by atoms with Crippen molar-refractivity contribution in [2.75, 3.05) is 13.3 Å². The van der Waals surface area contributed by atoms with Gasteiger partial charge in [0, 0.05) is 6.42 Å². The second-order valence-electron chi connectivity index (χ2n) is 4.23. The minimum absolute atomic E-state index is 0.332. The smallest absolute Gasteiger partial charge is 0.119 e. The maximum Gasteiger partial charge on any atom is 0.119 e. The summed E-state index contributed by atoms with van der Waals surface area (Å²) in [6, 6.07) is 16.2. The van der Waals surface area contributed by atoms with Crippen LogP contribution in [-0.2, 0) is 0 Å². The zero-order chi connectivity index (χ0) is 12.8. The van der Waals surface area contributed by atoms with Gasteiger partial charge in [-0.2, -0.15) is 0 Å². The van der Waals surface area contributed by atoms with Gasteiger partial charge in [-0.25, -0.2) is 0 Å². The van der Waals surface area contributed by atoms with Gasteiger partial charge in [0.25, 0.3) is 0 Å². The van der Waals surface area contributed by atoms with Gasteiger partial charge in [-0.05, 0) is 35.7 Å². The summed E-state index contributed by atoms with van der Waals surface area (Å²) in [4.78, 5) is 0. The summed E-state index contributed by atoms with van der Waals surface area (Å²) in [7, 11) is 0. The normalized spacial score (nSPS) is 10.3. The molecule has 2 rings (SSSR count). The Morgan fingerprint density at radius 1 is 1.06 bits per heavy atom. The summed E-state index contributed by atoms with van der Waals surface area (Å²) >= 11 is 0. The first-order valence-corrected chi connectivity index (χ1v) is 6.16. The van der Waals surface area contributed by atoms with Crippen LogP contribution in [0.1, 0.15) is 12.0 Å². The molecule has 18 heavy (non-hydrogen) atoms. The standard InChI is InChI=1S/C16H17FO/c1-13-12-15(18-11-5-10-17)8-9-16(13)14-6-3-2-4-7-14/h2-4,6-9,12H,5,10-11H2,1H3. The Hall–Kier alpha value is -1.83. The third-order valence-corrected chi connectivity index (χ3v) is 2.83. The zero-order valence-corrected chi connectivity index (χ0v) is 10.5. The molecule has 0 spiro atoms. The molecule has 2 heteroatoms. The lowest BCUT2D eigenvalue weighted by Gasteiger charge is -2.10. The molecule has 2 aromatic carbocycles. The Morgan fingerprint density at radius 2 is 1.83 bits per heavy atom. The molecule has 0 fully saturated rings. The summed E-state index contributed by atoms with van der Waals surface area (Å²) in [6.07, 6.45) is 0.444. The van der Waals surface area contributed by atoms with E-state index in [0.29, 0.717) is 13.0 Å². The van der Waals surface area contributed by atoms with Crippen LogP contribution in [0, 0.1) is 6.92 Å². The number of benzene rings is 2. The minimum Gasteiger partial charge on any atom is -0.493 e. The van der Waals surface area contributed by atoms with Gasteiger partial charge in [0.2, 0.25) is 0 Å². The molecular formula is C16H17FO. The van der Waals surface area contributed by atoms with Crippen LogP contribution in [0.3, 0.4) is 0 Å².